The van der Waals surface area contributed by atoms with Crippen molar-refractivity contribution in [3.8, 4) is 0 Å². The van der Waals surface area contributed by atoms with E-state index in [-0.39, 0.29) is 0 Å². The number of thiazole rings is 1. The SMILES string of the molecule is CC(C(=O)O)N(C)c1nccs1. The molecule has 0 aromatic carbocycles. The van der Waals surface area contributed by atoms with Crippen molar-refractivity contribution in [2.24, 2.45) is 0 Å². The second kappa shape index (κ2) is 3.53. The van der Waals surface area contributed by atoms with Crippen LogP contribution in [0, 0.1) is 0 Å². The summed E-state index contributed by atoms with van der Waals surface area (Å²) >= 11 is 1.43. The van der Waals surface area contributed by atoms with E-state index in [1.165, 1.54) is 11.3 Å². The molecule has 1 aromatic heterocycles. The lowest BCUT2D eigenvalue weighted by atomic mass is 10.3. The first kappa shape index (κ1) is 8.99. The highest BCUT2D eigenvalue weighted by molar-refractivity contribution is 7.13. The fourth-order valence-corrected chi connectivity index (χ4v) is 1.41. The molecule has 0 fully saturated rings. The van der Waals surface area contributed by atoms with Crippen LogP contribution in [0.2, 0.25) is 0 Å². The van der Waals surface area contributed by atoms with Gasteiger partial charge in [0.05, 0.1) is 0 Å². The molecule has 5 heteroatoms. The van der Waals surface area contributed by atoms with Gasteiger partial charge in [-0.25, -0.2) is 9.78 Å². The van der Waals surface area contributed by atoms with Crippen LogP contribution in [0.15, 0.2) is 11.6 Å². The van der Waals surface area contributed by atoms with Gasteiger partial charge in [-0.05, 0) is 6.92 Å². The molecule has 0 bridgehead atoms. The summed E-state index contributed by atoms with van der Waals surface area (Å²) < 4.78 is 0. The van der Waals surface area contributed by atoms with Crippen molar-refractivity contribution in [3.63, 3.8) is 0 Å². The number of carboxylic acid groups (broad SMARTS) is 1. The summed E-state index contributed by atoms with van der Waals surface area (Å²) in [4.78, 5) is 16.2. The first-order valence-electron chi connectivity index (χ1n) is 3.48. The van der Waals surface area contributed by atoms with Crippen LogP contribution >= 0.6 is 11.3 Å². The number of anilines is 1. The fraction of sp³-hybridized carbons (Fsp3) is 0.429. The Morgan fingerprint density at radius 2 is 2.50 bits per heavy atom. The molecule has 1 heterocycles. The Hall–Kier alpha value is -1.10. The molecule has 66 valence electrons. The van der Waals surface area contributed by atoms with Gasteiger partial charge in [-0.3, -0.25) is 0 Å². The Morgan fingerprint density at radius 3 is 2.92 bits per heavy atom. The first-order valence-corrected chi connectivity index (χ1v) is 4.36. The number of nitrogens with zero attached hydrogens (tertiary/aromatic N) is 2. The molecule has 4 nitrogen and oxygen atoms in total. The molecule has 0 radical (unpaired) electrons. The number of likely N-dealkylation sites (N-methyl/N-ethyl adjacent to an activating group) is 1. The second-order valence-electron chi connectivity index (χ2n) is 2.44. The summed E-state index contributed by atoms with van der Waals surface area (Å²) in [6, 6.07) is -0.531. The van der Waals surface area contributed by atoms with Crippen molar-refractivity contribution in [1.82, 2.24) is 4.98 Å². The van der Waals surface area contributed by atoms with Crippen LogP contribution in [0.1, 0.15) is 6.92 Å². The van der Waals surface area contributed by atoms with Gasteiger partial charge in [-0.2, -0.15) is 0 Å². The van der Waals surface area contributed by atoms with Gasteiger partial charge in [-0.1, -0.05) is 0 Å². The summed E-state index contributed by atoms with van der Waals surface area (Å²) in [7, 11) is 1.72. The number of carboxylic acids is 1. The molecule has 0 saturated carbocycles. The molecule has 1 atom stereocenters. The van der Waals surface area contributed by atoms with E-state index in [0.29, 0.717) is 0 Å². The van der Waals surface area contributed by atoms with Crippen molar-refractivity contribution in [1.29, 1.82) is 0 Å². The quantitative estimate of drug-likeness (QED) is 0.766. The van der Waals surface area contributed by atoms with Gasteiger partial charge < -0.3 is 10.0 Å². The number of rotatable bonds is 3. The standard InChI is InChI=1S/C7H10N2O2S/c1-5(6(10)11)9(2)7-8-3-4-12-7/h3-5H,1-2H3,(H,10,11). The molecule has 1 unspecified atom stereocenters. The Bertz CT molecular complexity index is 260. The predicted octanol–water partition coefficient (Wildman–Crippen LogP) is 1.05. The van der Waals surface area contributed by atoms with E-state index >= 15 is 0 Å². The maximum absolute atomic E-state index is 10.6. The fourth-order valence-electron chi connectivity index (χ4n) is 0.721. The van der Waals surface area contributed by atoms with Crippen LogP contribution in [0.4, 0.5) is 5.13 Å². The highest BCUT2D eigenvalue weighted by Gasteiger charge is 2.18. The van der Waals surface area contributed by atoms with E-state index in [1.807, 2.05) is 5.38 Å². The minimum absolute atomic E-state index is 0.531. The van der Waals surface area contributed by atoms with Gasteiger partial charge in [0.15, 0.2) is 5.13 Å². The van der Waals surface area contributed by atoms with E-state index in [0.717, 1.165) is 5.13 Å². The molecule has 12 heavy (non-hydrogen) atoms. The Labute approximate surface area is 74.5 Å². The lowest BCUT2D eigenvalue weighted by Crippen LogP contribution is -2.35. The van der Waals surface area contributed by atoms with Crippen LogP contribution in [0.3, 0.4) is 0 Å². The minimum atomic E-state index is -0.840. The number of hydrogen-bond donors (Lipinski definition) is 1. The number of carbonyl (C=O) groups is 1. The van der Waals surface area contributed by atoms with Crippen molar-refractivity contribution >= 4 is 22.4 Å². The monoisotopic (exact) mass is 186 g/mol. The van der Waals surface area contributed by atoms with E-state index in [2.05, 4.69) is 4.98 Å². The van der Waals surface area contributed by atoms with Gasteiger partial charge in [0, 0.05) is 18.6 Å². The largest absolute Gasteiger partial charge is 0.480 e. The van der Waals surface area contributed by atoms with Gasteiger partial charge in [0.25, 0.3) is 0 Å². The first-order chi connectivity index (χ1) is 5.63. The van der Waals surface area contributed by atoms with Crippen LogP contribution in [-0.2, 0) is 4.79 Å². The van der Waals surface area contributed by atoms with Gasteiger partial charge in [0.1, 0.15) is 6.04 Å². The number of aromatic nitrogens is 1. The van der Waals surface area contributed by atoms with Crippen LogP contribution in [0.25, 0.3) is 0 Å². The summed E-state index contributed by atoms with van der Waals surface area (Å²) in [5, 5.41) is 11.2. The normalized spacial score (nSPS) is 12.5. The molecule has 0 amide bonds. The zero-order valence-corrected chi connectivity index (χ0v) is 7.71. The lowest BCUT2D eigenvalue weighted by molar-refractivity contribution is -0.138. The molecular formula is C7H10N2O2S. The van der Waals surface area contributed by atoms with E-state index in [4.69, 9.17) is 5.11 Å². The molecular weight excluding hydrogens is 176 g/mol. The van der Waals surface area contributed by atoms with Crippen LogP contribution < -0.4 is 4.90 Å². The summed E-state index contributed by atoms with van der Waals surface area (Å²) in [6.45, 7) is 1.63. The third kappa shape index (κ3) is 1.73. The Kier molecular flexibility index (Phi) is 2.65. The van der Waals surface area contributed by atoms with Crippen molar-refractivity contribution in [3.05, 3.63) is 11.6 Å². The molecule has 0 aliphatic carbocycles. The maximum Gasteiger partial charge on any atom is 0.326 e. The maximum atomic E-state index is 10.6. The van der Waals surface area contributed by atoms with Gasteiger partial charge in [-0.15, -0.1) is 11.3 Å². The molecule has 0 saturated heterocycles. The molecule has 1 N–H and O–H groups in total. The molecule has 0 aliphatic heterocycles. The van der Waals surface area contributed by atoms with E-state index < -0.39 is 12.0 Å². The lowest BCUT2D eigenvalue weighted by Gasteiger charge is -2.19. The van der Waals surface area contributed by atoms with Crippen LogP contribution in [0.5, 0.6) is 0 Å². The average Bonchev–Trinajstić information content (AvgIpc) is 2.53. The summed E-state index contributed by atoms with van der Waals surface area (Å²) in [6.07, 6.45) is 1.66. The smallest absolute Gasteiger partial charge is 0.326 e. The second-order valence-corrected chi connectivity index (χ2v) is 3.31. The third-order valence-electron chi connectivity index (χ3n) is 1.66. The zero-order valence-electron chi connectivity index (χ0n) is 6.89. The summed E-state index contributed by atoms with van der Waals surface area (Å²) in [5.74, 6) is -0.840. The van der Waals surface area contributed by atoms with E-state index in [1.54, 1.807) is 25.1 Å². The topological polar surface area (TPSA) is 53.4 Å². The Balaban J connectivity index is 2.71. The Morgan fingerprint density at radius 1 is 1.83 bits per heavy atom. The molecule has 0 spiro atoms. The zero-order chi connectivity index (χ0) is 9.14. The number of aliphatic carboxylic acids is 1. The average molecular weight is 186 g/mol. The minimum Gasteiger partial charge on any atom is -0.480 e. The highest BCUT2D eigenvalue weighted by Crippen LogP contribution is 2.17. The summed E-state index contributed by atoms with van der Waals surface area (Å²) in [5.41, 5.74) is 0. The number of hydrogen-bond acceptors (Lipinski definition) is 4. The van der Waals surface area contributed by atoms with Crippen LogP contribution in [-0.4, -0.2) is 29.1 Å². The van der Waals surface area contributed by atoms with Crippen molar-refractivity contribution in [2.75, 3.05) is 11.9 Å². The predicted molar refractivity (Wildman–Crippen MR) is 47.6 cm³/mol. The van der Waals surface area contributed by atoms with Gasteiger partial charge in [0.2, 0.25) is 0 Å². The third-order valence-corrected chi connectivity index (χ3v) is 2.52. The van der Waals surface area contributed by atoms with Crippen molar-refractivity contribution < 1.29 is 9.90 Å². The molecule has 1 rings (SSSR count). The molecule has 1 aromatic rings. The van der Waals surface area contributed by atoms with E-state index in [9.17, 15) is 4.79 Å². The van der Waals surface area contributed by atoms with Gasteiger partial charge >= 0.3 is 5.97 Å². The highest BCUT2D eigenvalue weighted by atomic mass is 32.1. The molecule has 0 aliphatic rings. The van der Waals surface area contributed by atoms with Crippen molar-refractivity contribution in [2.45, 2.75) is 13.0 Å².